The molecule has 0 radical (unpaired) electrons. The fraction of sp³-hybridized carbons (Fsp3) is 0.467. The van der Waals surface area contributed by atoms with E-state index in [1.54, 1.807) is 0 Å². The smallest absolute Gasteiger partial charge is 0.313 e. The van der Waals surface area contributed by atoms with E-state index in [-0.39, 0.29) is 5.75 Å². The van der Waals surface area contributed by atoms with Crippen LogP contribution in [0.4, 0.5) is 0 Å². The Morgan fingerprint density at radius 2 is 2.38 bits per heavy atom. The number of carboxylic acids is 1. The number of carboxylic acid groups (broad SMARTS) is 1. The number of halogens is 1. The second kappa shape index (κ2) is 5.89. The lowest BCUT2D eigenvalue weighted by Crippen LogP contribution is -2.03. The number of aromatic nitrogens is 2. The number of imidazole rings is 1. The number of benzene rings is 1. The van der Waals surface area contributed by atoms with Crippen LogP contribution in [-0.2, 0) is 4.79 Å². The molecule has 0 aliphatic heterocycles. The summed E-state index contributed by atoms with van der Waals surface area (Å²) in [4.78, 5) is 15.4. The predicted octanol–water partition coefficient (Wildman–Crippen LogP) is 4.23. The number of aliphatic carboxylic acids is 1. The second-order valence-electron chi connectivity index (χ2n) is 5.43. The third-order valence-corrected chi connectivity index (χ3v) is 4.99. The third-order valence-electron chi connectivity index (χ3n) is 3.82. The molecule has 2 atom stereocenters. The monoisotopic (exact) mass is 324 g/mol. The molecule has 1 aromatic carbocycles. The molecule has 1 aliphatic rings. The summed E-state index contributed by atoms with van der Waals surface area (Å²) >= 11 is 7.32. The lowest BCUT2D eigenvalue weighted by Gasteiger charge is -2.08. The molecule has 1 heterocycles. The van der Waals surface area contributed by atoms with Gasteiger partial charge in [-0.3, -0.25) is 4.79 Å². The molecule has 1 aromatic heterocycles. The van der Waals surface area contributed by atoms with Crippen LogP contribution in [0.2, 0.25) is 5.02 Å². The molecule has 21 heavy (non-hydrogen) atoms. The molecular formula is C15H17ClN2O2S. The largest absolute Gasteiger partial charge is 0.481 e. The minimum atomic E-state index is -0.822. The maximum atomic E-state index is 10.8. The number of thioether (sulfide) groups is 1. The first-order valence-electron chi connectivity index (χ1n) is 7.12. The van der Waals surface area contributed by atoms with Gasteiger partial charge in [0.2, 0.25) is 0 Å². The maximum Gasteiger partial charge on any atom is 0.313 e. The normalized spacial score (nSPS) is 20.9. The molecule has 0 spiro atoms. The highest BCUT2D eigenvalue weighted by atomic mass is 35.5. The van der Waals surface area contributed by atoms with E-state index in [0.717, 1.165) is 22.6 Å². The second-order valence-corrected chi connectivity index (χ2v) is 6.81. The zero-order valence-electron chi connectivity index (χ0n) is 11.8. The number of hydrogen-bond donors (Lipinski definition) is 1. The first kappa shape index (κ1) is 14.7. The zero-order valence-corrected chi connectivity index (χ0v) is 13.3. The van der Waals surface area contributed by atoms with E-state index < -0.39 is 5.97 Å². The molecule has 4 nitrogen and oxygen atoms in total. The van der Waals surface area contributed by atoms with Gasteiger partial charge in [0.15, 0.2) is 5.16 Å². The fourth-order valence-corrected chi connectivity index (χ4v) is 3.78. The molecule has 0 saturated heterocycles. The Morgan fingerprint density at radius 1 is 1.57 bits per heavy atom. The summed E-state index contributed by atoms with van der Waals surface area (Å²) in [6, 6.07) is 6.14. The van der Waals surface area contributed by atoms with Crippen LogP contribution >= 0.6 is 23.4 Å². The Labute approximate surface area is 132 Å². The summed E-state index contributed by atoms with van der Waals surface area (Å²) in [5.41, 5.74) is 1.90. The molecule has 1 fully saturated rings. The summed E-state index contributed by atoms with van der Waals surface area (Å²) in [5.74, 6) is -0.104. The van der Waals surface area contributed by atoms with Crippen LogP contribution in [0, 0.1) is 5.92 Å². The average Bonchev–Trinajstić information content (AvgIpc) is 3.08. The molecule has 1 saturated carbocycles. The quantitative estimate of drug-likeness (QED) is 0.808. The highest BCUT2D eigenvalue weighted by molar-refractivity contribution is 7.99. The molecule has 2 aromatic rings. The van der Waals surface area contributed by atoms with Crippen molar-refractivity contribution < 1.29 is 9.90 Å². The van der Waals surface area contributed by atoms with Crippen molar-refractivity contribution in [2.45, 2.75) is 37.4 Å². The molecule has 0 bridgehead atoms. The minimum Gasteiger partial charge on any atom is -0.481 e. The Hall–Kier alpha value is -1.20. The van der Waals surface area contributed by atoms with E-state index in [2.05, 4.69) is 16.5 Å². The number of carbonyl (C=O) groups is 1. The molecule has 1 N–H and O–H groups in total. The molecule has 0 amide bonds. The summed E-state index contributed by atoms with van der Waals surface area (Å²) in [7, 11) is 0. The summed E-state index contributed by atoms with van der Waals surface area (Å²) < 4.78 is 2.21. The van der Waals surface area contributed by atoms with Crippen LogP contribution in [0.1, 0.15) is 32.2 Å². The van der Waals surface area contributed by atoms with Gasteiger partial charge in [0.1, 0.15) is 0 Å². The van der Waals surface area contributed by atoms with Crippen LogP contribution in [0.3, 0.4) is 0 Å². The van der Waals surface area contributed by atoms with Crippen LogP contribution in [0.15, 0.2) is 23.4 Å². The highest BCUT2D eigenvalue weighted by Crippen LogP contribution is 2.49. The van der Waals surface area contributed by atoms with Crippen LogP contribution in [-0.4, -0.2) is 26.4 Å². The Bertz CT molecular complexity index is 686. The van der Waals surface area contributed by atoms with Crippen molar-refractivity contribution in [3.05, 3.63) is 23.2 Å². The minimum absolute atomic E-state index is 0.0300. The molecule has 6 heteroatoms. The van der Waals surface area contributed by atoms with E-state index in [9.17, 15) is 4.79 Å². The van der Waals surface area contributed by atoms with Gasteiger partial charge in [0, 0.05) is 11.1 Å². The van der Waals surface area contributed by atoms with Crippen molar-refractivity contribution in [1.82, 2.24) is 9.55 Å². The van der Waals surface area contributed by atoms with Crippen molar-refractivity contribution >= 4 is 40.4 Å². The standard InChI is InChI=1S/C15H17ClN2O2S/c1-2-3-9-6-13(9)18-12-5-4-10(16)7-11(12)17-15(18)21-8-14(19)20/h4-5,7,9,13H,2-3,6,8H2,1H3,(H,19,20). The van der Waals surface area contributed by atoms with Gasteiger partial charge >= 0.3 is 5.97 Å². The first-order valence-corrected chi connectivity index (χ1v) is 8.48. The van der Waals surface area contributed by atoms with Crippen molar-refractivity contribution in [3.8, 4) is 0 Å². The molecule has 1 aliphatic carbocycles. The van der Waals surface area contributed by atoms with E-state index in [4.69, 9.17) is 16.7 Å². The Morgan fingerprint density at radius 3 is 3.10 bits per heavy atom. The van der Waals surface area contributed by atoms with E-state index in [0.29, 0.717) is 17.0 Å². The maximum absolute atomic E-state index is 10.8. The van der Waals surface area contributed by atoms with Gasteiger partial charge in [0.05, 0.1) is 16.8 Å². The van der Waals surface area contributed by atoms with Gasteiger partial charge in [-0.15, -0.1) is 0 Å². The topological polar surface area (TPSA) is 55.1 Å². The third kappa shape index (κ3) is 3.04. The van der Waals surface area contributed by atoms with Crippen LogP contribution in [0.5, 0.6) is 0 Å². The van der Waals surface area contributed by atoms with Crippen molar-refractivity contribution in [1.29, 1.82) is 0 Å². The lowest BCUT2D eigenvalue weighted by molar-refractivity contribution is -0.133. The first-order chi connectivity index (χ1) is 10.1. The number of hydrogen-bond acceptors (Lipinski definition) is 3. The Kier molecular flexibility index (Phi) is 4.13. The van der Waals surface area contributed by atoms with Gasteiger partial charge in [-0.1, -0.05) is 36.7 Å². The van der Waals surface area contributed by atoms with Crippen molar-refractivity contribution in [3.63, 3.8) is 0 Å². The van der Waals surface area contributed by atoms with Crippen molar-refractivity contribution in [2.75, 3.05) is 5.75 Å². The molecule has 3 rings (SSSR count). The van der Waals surface area contributed by atoms with Crippen LogP contribution < -0.4 is 0 Å². The van der Waals surface area contributed by atoms with Gasteiger partial charge in [-0.25, -0.2) is 4.98 Å². The fourth-order valence-electron chi connectivity index (χ4n) is 2.83. The SMILES string of the molecule is CCCC1CC1n1c(SCC(=O)O)nc2cc(Cl)ccc21. The van der Waals surface area contributed by atoms with Gasteiger partial charge in [0.25, 0.3) is 0 Å². The van der Waals surface area contributed by atoms with E-state index >= 15 is 0 Å². The average molecular weight is 325 g/mol. The molecule has 112 valence electrons. The summed E-state index contributed by atoms with van der Waals surface area (Å²) in [6.07, 6.45) is 3.54. The lowest BCUT2D eigenvalue weighted by atomic mass is 10.2. The van der Waals surface area contributed by atoms with Crippen molar-refractivity contribution in [2.24, 2.45) is 5.92 Å². The number of nitrogens with zero attached hydrogens (tertiary/aromatic N) is 2. The van der Waals surface area contributed by atoms with Gasteiger partial charge in [-0.05, 0) is 37.0 Å². The highest BCUT2D eigenvalue weighted by Gasteiger charge is 2.39. The van der Waals surface area contributed by atoms with Crippen LogP contribution in [0.25, 0.3) is 11.0 Å². The van der Waals surface area contributed by atoms with E-state index in [1.807, 2.05) is 18.2 Å². The van der Waals surface area contributed by atoms with Gasteiger partial charge in [-0.2, -0.15) is 0 Å². The van der Waals surface area contributed by atoms with Gasteiger partial charge < -0.3 is 9.67 Å². The molecular weight excluding hydrogens is 308 g/mol. The summed E-state index contributed by atoms with van der Waals surface area (Å²) in [6.45, 7) is 2.20. The Balaban J connectivity index is 1.97. The predicted molar refractivity (Wildman–Crippen MR) is 85.2 cm³/mol. The zero-order chi connectivity index (χ0) is 15.0. The van der Waals surface area contributed by atoms with E-state index in [1.165, 1.54) is 24.6 Å². The summed E-state index contributed by atoms with van der Waals surface area (Å²) in [5, 5.41) is 10.3. The number of rotatable bonds is 6. The number of fused-ring (bicyclic) bond motifs is 1. The molecule has 2 unspecified atom stereocenters.